The number of carbonyl (C=O) groups excluding carboxylic acids is 2. The molecule has 0 heterocycles. The Morgan fingerprint density at radius 3 is 1.12 bits per heavy atom. The van der Waals surface area contributed by atoms with Crippen LogP contribution in [0.4, 0.5) is 0 Å². The van der Waals surface area contributed by atoms with Gasteiger partial charge in [-0.2, -0.15) is 0 Å². The molecule has 11 nitrogen and oxygen atoms in total. The number of carboxylic acid groups (broad SMARTS) is 1. The third kappa shape index (κ3) is 39.3. The molecule has 0 radical (unpaired) electrons. The van der Waals surface area contributed by atoms with Crippen molar-refractivity contribution in [3.63, 3.8) is 0 Å². The van der Waals surface area contributed by atoms with E-state index in [2.05, 4.69) is 18.4 Å². The van der Waals surface area contributed by atoms with E-state index in [-0.39, 0.29) is 19.4 Å². The van der Waals surface area contributed by atoms with Crippen LogP contribution in [-0.2, 0) is 37.5 Å². The van der Waals surface area contributed by atoms with Gasteiger partial charge in [-0.1, -0.05) is 206 Å². The van der Waals surface area contributed by atoms with E-state index in [9.17, 15) is 23.8 Å². The Labute approximate surface area is 342 Å². The van der Waals surface area contributed by atoms with Crippen LogP contribution in [0.5, 0.6) is 0 Å². The highest BCUT2D eigenvalue weighted by Gasteiger charge is 2.28. The van der Waals surface area contributed by atoms with Gasteiger partial charge in [0.05, 0.1) is 13.2 Å². The van der Waals surface area contributed by atoms with Gasteiger partial charge in [0.2, 0.25) is 0 Å². The molecule has 0 fully saturated rings. The van der Waals surface area contributed by atoms with Gasteiger partial charge in [0.25, 0.3) is 0 Å². The summed E-state index contributed by atoms with van der Waals surface area (Å²) in [5.74, 6) is -2.36. The second kappa shape index (κ2) is 40.3. The Hall–Kier alpha value is -1.52. The fraction of sp³-hybridized carbons (Fsp3) is 0.932. The standard InChI is InChI=1S/C44H86NO10P/c1-3-5-7-9-11-13-15-17-18-19-20-21-22-23-24-26-28-30-32-34-36-43(47)55-40(38-53-56(50,51)54-39-41(45)44(48)49)37-52-42(46)35-33-31-29-27-25-16-14-12-10-8-6-4-2/h40-41H,3-39,45H2,1-2H3,(H,48,49)(H,50,51)/t40-,41-/m0/s1. The van der Waals surface area contributed by atoms with Crippen LogP contribution in [0.1, 0.15) is 232 Å². The Morgan fingerprint density at radius 1 is 0.482 bits per heavy atom. The molecule has 0 spiro atoms. The molecule has 0 aromatic rings. The predicted molar refractivity (Wildman–Crippen MR) is 227 cm³/mol. The molecule has 0 amide bonds. The van der Waals surface area contributed by atoms with E-state index in [4.69, 9.17) is 24.8 Å². The number of aliphatic carboxylic acids is 1. The first-order chi connectivity index (χ1) is 27.1. The molecule has 0 aromatic carbocycles. The number of phosphoric ester groups is 1. The molecule has 1 unspecified atom stereocenters. The number of phosphoric acid groups is 1. The van der Waals surface area contributed by atoms with Crippen molar-refractivity contribution >= 4 is 25.7 Å². The van der Waals surface area contributed by atoms with Gasteiger partial charge < -0.3 is 25.2 Å². The molecule has 0 rings (SSSR count). The van der Waals surface area contributed by atoms with Crippen molar-refractivity contribution in [2.75, 3.05) is 19.8 Å². The minimum atomic E-state index is -4.71. The van der Waals surface area contributed by atoms with Crippen LogP contribution >= 0.6 is 7.82 Å². The summed E-state index contributed by atoms with van der Waals surface area (Å²) in [5, 5.41) is 8.89. The first kappa shape index (κ1) is 54.5. The zero-order valence-corrected chi connectivity index (χ0v) is 36.9. The van der Waals surface area contributed by atoms with Gasteiger partial charge in [0, 0.05) is 12.8 Å². The van der Waals surface area contributed by atoms with Gasteiger partial charge in [0.1, 0.15) is 12.6 Å². The summed E-state index contributed by atoms with van der Waals surface area (Å²) >= 11 is 0. The second-order valence-corrected chi connectivity index (χ2v) is 17.4. The number of carboxylic acids is 1. The Balaban J connectivity index is 4.23. The monoisotopic (exact) mass is 820 g/mol. The van der Waals surface area contributed by atoms with E-state index < -0.39 is 51.1 Å². The Morgan fingerprint density at radius 2 is 0.786 bits per heavy atom. The molecule has 4 N–H and O–H groups in total. The molecule has 3 atom stereocenters. The van der Waals surface area contributed by atoms with Crippen molar-refractivity contribution in [3.05, 3.63) is 0 Å². The molecule has 12 heteroatoms. The Kier molecular flexibility index (Phi) is 39.2. The van der Waals surface area contributed by atoms with Crippen LogP contribution in [0.2, 0.25) is 0 Å². The largest absolute Gasteiger partial charge is 0.480 e. The van der Waals surface area contributed by atoms with Gasteiger partial charge in [-0.05, 0) is 12.8 Å². The van der Waals surface area contributed by atoms with Crippen molar-refractivity contribution in [3.8, 4) is 0 Å². The SMILES string of the molecule is CCCCCCCCCCCCCCCCCCCCCCC(=O)O[C@@H](COC(=O)CCCCCCCCCCCCCC)COP(=O)(O)OC[C@H](N)C(=O)O. The van der Waals surface area contributed by atoms with Gasteiger partial charge in [-0.15, -0.1) is 0 Å². The maximum absolute atomic E-state index is 12.6. The lowest BCUT2D eigenvalue weighted by Gasteiger charge is -2.20. The first-order valence-electron chi connectivity index (χ1n) is 23.1. The van der Waals surface area contributed by atoms with E-state index in [0.717, 1.165) is 38.5 Å². The molecule has 56 heavy (non-hydrogen) atoms. The van der Waals surface area contributed by atoms with Crippen molar-refractivity contribution in [2.24, 2.45) is 5.73 Å². The quantitative estimate of drug-likeness (QED) is 0.0303. The summed E-state index contributed by atoms with van der Waals surface area (Å²) in [5.41, 5.74) is 5.34. The first-order valence-corrected chi connectivity index (χ1v) is 24.6. The number of ether oxygens (including phenoxy) is 2. The summed E-state index contributed by atoms with van der Waals surface area (Å²) in [6.45, 7) is 2.84. The lowest BCUT2D eigenvalue weighted by molar-refractivity contribution is -0.161. The van der Waals surface area contributed by atoms with E-state index in [1.54, 1.807) is 0 Å². The normalized spacial score (nSPS) is 13.6. The molecule has 0 saturated carbocycles. The lowest BCUT2D eigenvalue weighted by Crippen LogP contribution is -2.34. The highest BCUT2D eigenvalue weighted by molar-refractivity contribution is 7.47. The highest BCUT2D eigenvalue weighted by atomic mass is 31.2. The molecule has 0 saturated heterocycles. The fourth-order valence-corrected chi connectivity index (χ4v) is 7.49. The molecule has 0 bridgehead atoms. The highest BCUT2D eigenvalue weighted by Crippen LogP contribution is 2.43. The van der Waals surface area contributed by atoms with Crippen LogP contribution in [0.3, 0.4) is 0 Å². The number of nitrogens with two attached hydrogens (primary N) is 1. The van der Waals surface area contributed by atoms with Crippen LogP contribution in [0, 0.1) is 0 Å². The molecule has 332 valence electrons. The molecular weight excluding hydrogens is 733 g/mol. The van der Waals surface area contributed by atoms with Crippen LogP contribution < -0.4 is 5.73 Å². The fourth-order valence-electron chi connectivity index (χ4n) is 6.71. The zero-order valence-electron chi connectivity index (χ0n) is 36.0. The molecule has 0 aliphatic heterocycles. The van der Waals surface area contributed by atoms with Crippen molar-refractivity contribution < 1.29 is 47.5 Å². The summed E-state index contributed by atoms with van der Waals surface area (Å²) in [4.78, 5) is 46.0. The summed E-state index contributed by atoms with van der Waals surface area (Å²) in [6, 6.07) is -1.52. The minimum Gasteiger partial charge on any atom is -0.480 e. The number of esters is 2. The number of rotatable bonds is 44. The third-order valence-electron chi connectivity index (χ3n) is 10.4. The minimum absolute atomic E-state index is 0.170. The number of carbonyl (C=O) groups is 3. The average molecular weight is 820 g/mol. The van der Waals surface area contributed by atoms with Crippen LogP contribution in [-0.4, -0.2) is 59.9 Å². The maximum atomic E-state index is 12.6. The predicted octanol–water partition coefficient (Wildman–Crippen LogP) is 12.3. The topological polar surface area (TPSA) is 172 Å². The number of hydrogen-bond donors (Lipinski definition) is 3. The zero-order chi connectivity index (χ0) is 41.4. The number of unbranched alkanes of at least 4 members (excludes halogenated alkanes) is 30. The third-order valence-corrected chi connectivity index (χ3v) is 11.3. The summed E-state index contributed by atoms with van der Waals surface area (Å²) in [7, 11) is -4.71. The summed E-state index contributed by atoms with van der Waals surface area (Å²) in [6.07, 6.45) is 38.8. The van der Waals surface area contributed by atoms with Gasteiger partial charge in [-0.3, -0.25) is 23.4 Å². The molecular formula is C44H86NO10P. The van der Waals surface area contributed by atoms with Crippen molar-refractivity contribution in [1.29, 1.82) is 0 Å². The van der Waals surface area contributed by atoms with Gasteiger partial charge in [0.15, 0.2) is 6.10 Å². The molecule has 0 aromatic heterocycles. The van der Waals surface area contributed by atoms with E-state index >= 15 is 0 Å². The van der Waals surface area contributed by atoms with Gasteiger partial charge in [-0.25, -0.2) is 4.57 Å². The van der Waals surface area contributed by atoms with Crippen LogP contribution in [0.15, 0.2) is 0 Å². The summed E-state index contributed by atoms with van der Waals surface area (Å²) < 4.78 is 32.7. The average Bonchev–Trinajstić information content (AvgIpc) is 3.17. The maximum Gasteiger partial charge on any atom is 0.472 e. The van der Waals surface area contributed by atoms with E-state index in [1.807, 2.05) is 0 Å². The Bertz CT molecular complexity index is 968. The molecule has 0 aliphatic rings. The molecule has 0 aliphatic carbocycles. The van der Waals surface area contributed by atoms with Crippen LogP contribution in [0.25, 0.3) is 0 Å². The van der Waals surface area contributed by atoms with Crippen molar-refractivity contribution in [2.45, 2.75) is 244 Å². The van der Waals surface area contributed by atoms with Gasteiger partial charge >= 0.3 is 25.7 Å². The van der Waals surface area contributed by atoms with E-state index in [1.165, 1.54) is 154 Å². The van der Waals surface area contributed by atoms with Crippen molar-refractivity contribution in [1.82, 2.24) is 0 Å². The smallest absolute Gasteiger partial charge is 0.472 e. The number of hydrogen-bond acceptors (Lipinski definition) is 9. The lowest BCUT2D eigenvalue weighted by atomic mass is 10.0. The second-order valence-electron chi connectivity index (χ2n) is 15.9. The van der Waals surface area contributed by atoms with E-state index in [0.29, 0.717) is 12.8 Å².